The highest BCUT2D eigenvalue weighted by molar-refractivity contribution is 8.93. The minimum atomic E-state index is -0.178. The van der Waals surface area contributed by atoms with Gasteiger partial charge in [-0.05, 0) is 46.7 Å². The van der Waals surface area contributed by atoms with Gasteiger partial charge in [-0.1, -0.05) is 84.0 Å². The van der Waals surface area contributed by atoms with E-state index in [0.717, 1.165) is 27.9 Å². The molecule has 1 N–H and O–H groups in total. The van der Waals surface area contributed by atoms with E-state index in [9.17, 15) is 4.79 Å². The molecule has 0 radical (unpaired) electrons. The third-order valence-electron chi connectivity index (χ3n) is 6.23. The molecule has 0 unspecified atom stereocenters. The number of fused-ring (bicyclic) bond motifs is 1. The maximum atomic E-state index is 13.5. The lowest BCUT2D eigenvalue weighted by atomic mass is 9.85. The number of Topliss-reactive ketones (excluding diaryl/α,β-unsaturated/α-hetero) is 1. The van der Waals surface area contributed by atoms with Crippen LogP contribution in [0.25, 0.3) is 11.0 Å². The average Bonchev–Trinajstić information content (AvgIpc) is 3.08. The smallest absolute Gasteiger partial charge is 0.203 e. The van der Waals surface area contributed by atoms with Crippen LogP contribution in [0.4, 0.5) is 0 Å². The summed E-state index contributed by atoms with van der Waals surface area (Å²) >= 11 is 0. The fraction of sp³-hybridized carbons (Fsp3) is 0.355. The van der Waals surface area contributed by atoms with Crippen LogP contribution in [0.1, 0.15) is 63.0 Å². The number of hydrogen-bond acceptors (Lipinski definition) is 3. The Labute approximate surface area is 230 Å². The number of rotatable bonds is 7. The first-order valence-electron chi connectivity index (χ1n) is 12.5. The number of para-hydroxylation sites is 2. The van der Waals surface area contributed by atoms with E-state index in [1.165, 1.54) is 0 Å². The molecule has 0 atom stereocenters. The number of ketones is 1. The van der Waals surface area contributed by atoms with Crippen molar-refractivity contribution in [3.63, 3.8) is 0 Å². The van der Waals surface area contributed by atoms with Crippen molar-refractivity contribution in [3.8, 4) is 5.75 Å². The summed E-state index contributed by atoms with van der Waals surface area (Å²) in [5, 5.41) is 8.92. The van der Waals surface area contributed by atoms with Gasteiger partial charge < -0.3 is 13.9 Å². The highest BCUT2D eigenvalue weighted by Gasteiger charge is 2.23. The van der Waals surface area contributed by atoms with Gasteiger partial charge in [0.15, 0.2) is 5.78 Å². The SMILES string of the molecule is Br.CC(C)(C)COc1ccc(C(=O)Cn2c(=N)n(Cc3ccccc3)c3ccccc32)cc1C(C)(C)C. The second-order valence-electron chi connectivity index (χ2n) is 11.7. The van der Waals surface area contributed by atoms with Gasteiger partial charge in [0.1, 0.15) is 5.75 Å². The molecule has 4 aromatic rings. The van der Waals surface area contributed by atoms with Gasteiger partial charge in [0.2, 0.25) is 5.62 Å². The first-order valence-corrected chi connectivity index (χ1v) is 12.5. The zero-order chi connectivity index (χ0) is 26.1. The Bertz CT molecular complexity index is 1440. The predicted molar refractivity (Wildman–Crippen MR) is 156 cm³/mol. The Morgan fingerprint density at radius 2 is 1.43 bits per heavy atom. The standard InChI is InChI=1S/C31H37N3O2.BrH/c1-30(2,3)21-36-28-17-16-23(18-24(28)31(4,5)6)27(35)20-34-26-15-11-10-14-25(26)33(29(34)32)19-22-12-8-7-9-13-22;/h7-18,32H,19-21H2,1-6H3;1H. The number of halogens is 1. The van der Waals surface area contributed by atoms with E-state index in [0.29, 0.717) is 24.3 Å². The quantitative estimate of drug-likeness (QED) is 0.242. The zero-order valence-corrected chi connectivity index (χ0v) is 24.4. The summed E-state index contributed by atoms with van der Waals surface area (Å²) in [5.74, 6) is 0.797. The van der Waals surface area contributed by atoms with Crippen molar-refractivity contribution in [2.45, 2.75) is 60.0 Å². The average molecular weight is 565 g/mol. The van der Waals surface area contributed by atoms with Crippen LogP contribution >= 0.6 is 17.0 Å². The Morgan fingerprint density at radius 3 is 2.03 bits per heavy atom. The van der Waals surface area contributed by atoms with Gasteiger partial charge in [0, 0.05) is 11.1 Å². The molecule has 3 aromatic carbocycles. The second-order valence-corrected chi connectivity index (χ2v) is 11.7. The number of ether oxygens (including phenoxy) is 1. The molecule has 0 spiro atoms. The summed E-state index contributed by atoms with van der Waals surface area (Å²) in [6, 6.07) is 23.8. The highest BCUT2D eigenvalue weighted by atomic mass is 79.9. The van der Waals surface area contributed by atoms with E-state index in [1.54, 1.807) is 4.57 Å². The third kappa shape index (κ3) is 6.61. The van der Waals surface area contributed by atoms with Gasteiger partial charge in [0.05, 0.1) is 30.7 Å². The minimum Gasteiger partial charge on any atom is -0.493 e. The van der Waals surface area contributed by atoms with Crippen LogP contribution in [0.3, 0.4) is 0 Å². The normalized spacial score (nSPS) is 11.8. The number of benzene rings is 3. The molecule has 6 heteroatoms. The second kappa shape index (κ2) is 11.1. The molecule has 0 aliphatic rings. The molecule has 0 fully saturated rings. The number of aromatic nitrogens is 2. The highest BCUT2D eigenvalue weighted by Crippen LogP contribution is 2.33. The van der Waals surface area contributed by atoms with E-state index in [2.05, 4.69) is 53.7 Å². The molecule has 5 nitrogen and oxygen atoms in total. The first-order chi connectivity index (χ1) is 16.9. The van der Waals surface area contributed by atoms with Gasteiger partial charge >= 0.3 is 0 Å². The molecular weight excluding hydrogens is 526 g/mol. The fourth-order valence-corrected chi connectivity index (χ4v) is 4.33. The van der Waals surface area contributed by atoms with Crippen molar-refractivity contribution in [1.82, 2.24) is 9.13 Å². The van der Waals surface area contributed by atoms with E-state index < -0.39 is 0 Å². The molecule has 0 aliphatic heterocycles. The Hall–Kier alpha value is -3.12. The van der Waals surface area contributed by atoms with E-state index >= 15 is 0 Å². The maximum Gasteiger partial charge on any atom is 0.203 e. The predicted octanol–water partition coefficient (Wildman–Crippen LogP) is 7.15. The van der Waals surface area contributed by atoms with Crippen molar-refractivity contribution in [2.75, 3.05) is 6.61 Å². The monoisotopic (exact) mass is 563 g/mol. The number of imidazole rings is 1. The summed E-state index contributed by atoms with van der Waals surface area (Å²) < 4.78 is 9.94. The molecule has 196 valence electrons. The summed E-state index contributed by atoms with van der Waals surface area (Å²) in [6.07, 6.45) is 0. The summed E-state index contributed by atoms with van der Waals surface area (Å²) in [4.78, 5) is 13.5. The Morgan fingerprint density at radius 1 is 0.838 bits per heavy atom. The van der Waals surface area contributed by atoms with Crippen molar-refractivity contribution in [2.24, 2.45) is 5.41 Å². The summed E-state index contributed by atoms with van der Waals surface area (Å²) in [6.45, 7) is 14.1. The Balaban J connectivity index is 0.00000380. The first kappa shape index (κ1) is 28.5. The molecule has 0 amide bonds. The molecule has 4 rings (SSSR count). The molecule has 0 aliphatic carbocycles. The Kier molecular flexibility index (Phi) is 8.53. The van der Waals surface area contributed by atoms with Crippen LogP contribution in [0.5, 0.6) is 5.75 Å². The van der Waals surface area contributed by atoms with E-state index in [1.807, 2.05) is 65.2 Å². The number of nitrogens with zero attached hydrogens (tertiary/aromatic N) is 2. The largest absolute Gasteiger partial charge is 0.493 e. The van der Waals surface area contributed by atoms with Crippen LogP contribution < -0.4 is 10.4 Å². The summed E-state index contributed by atoms with van der Waals surface area (Å²) in [5.41, 5.74) is 4.77. The summed E-state index contributed by atoms with van der Waals surface area (Å²) in [7, 11) is 0. The van der Waals surface area contributed by atoms with Crippen LogP contribution in [0, 0.1) is 10.8 Å². The van der Waals surface area contributed by atoms with Crippen molar-refractivity contribution in [1.29, 1.82) is 5.41 Å². The van der Waals surface area contributed by atoms with Crippen LogP contribution in [-0.2, 0) is 18.5 Å². The van der Waals surface area contributed by atoms with Gasteiger partial charge in [-0.3, -0.25) is 10.2 Å². The van der Waals surface area contributed by atoms with Crippen molar-refractivity contribution < 1.29 is 9.53 Å². The topological polar surface area (TPSA) is 60.0 Å². The van der Waals surface area contributed by atoms with Gasteiger partial charge in [-0.25, -0.2) is 0 Å². The number of nitrogens with one attached hydrogen (secondary N) is 1. The molecule has 1 aromatic heterocycles. The lowest BCUT2D eigenvalue weighted by Crippen LogP contribution is -2.28. The van der Waals surface area contributed by atoms with Gasteiger partial charge in [0.25, 0.3) is 0 Å². The van der Waals surface area contributed by atoms with E-state index in [4.69, 9.17) is 10.1 Å². The van der Waals surface area contributed by atoms with Gasteiger partial charge in [-0.15, -0.1) is 17.0 Å². The molecule has 0 saturated carbocycles. The minimum absolute atomic E-state index is 0. The van der Waals surface area contributed by atoms with Crippen LogP contribution in [-0.4, -0.2) is 21.5 Å². The molecule has 0 bridgehead atoms. The van der Waals surface area contributed by atoms with Crippen molar-refractivity contribution >= 4 is 33.8 Å². The molecule has 0 saturated heterocycles. The fourth-order valence-electron chi connectivity index (χ4n) is 4.33. The molecule has 1 heterocycles. The van der Waals surface area contributed by atoms with E-state index in [-0.39, 0.29) is 40.1 Å². The zero-order valence-electron chi connectivity index (χ0n) is 22.7. The lowest BCUT2D eigenvalue weighted by molar-refractivity contribution is 0.0971. The lowest BCUT2D eigenvalue weighted by Gasteiger charge is -2.26. The van der Waals surface area contributed by atoms with Crippen molar-refractivity contribution in [3.05, 3.63) is 95.1 Å². The number of carbonyl (C=O) groups excluding carboxylic acids is 1. The van der Waals surface area contributed by atoms with Gasteiger partial charge in [-0.2, -0.15) is 0 Å². The number of carbonyl (C=O) groups is 1. The molecular formula is C31H38BrN3O2. The molecule has 37 heavy (non-hydrogen) atoms. The van der Waals surface area contributed by atoms with Crippen LogP contribution in [0.2, 0.25) is 0 Å². The van der Waals surface area contributed by atoms with Crippen LogP contribution in [0.15, 0.2) is 72.8 Å². The maximum absolute atomic E-state index is 13.5. The third-order valence-corrected chi connectivity index (χ3v) is 6.23. The number of hydrogen-bond donors (Lipinski definition) is 1.